The molecule has 0 unspecified atom stereocenters. The van der Waals surface area contributed by atoms with Gasteiger partial charge in [-0.25, -0.2) is 8.42 Å². The molecule has 0 aliphatic rings. The lowest BCUT2D eigenvalue weighted by Crippen LogP contribution is -2.32. The summed E-state index contributed by atoms with van der Waals surface area (Å²) in [6, 6.07) is 42.3. The molecule has 1 N–H and O–H groups in total. The van der Waals surface area contributed by atoms with E-state index < -0.39 is 10.0 Å². The largest absolute Gasteiger partial charge is 0.322 e. The molecule has 0 saturated heterocycles. The second kappa shape index (κ2) is 12.7. The molecule has 0 fully saturated rings. The minimum absolute atomic E-state index is 0.0795. The van der Waals surface area contributed by atoms with Crippen molar-refractivity contribution in [3.05, 3.63) is 156 Å². The van der Waals surface area contributed by atoms with Crippen LogP contribution in [-0.4, -0.2) is 14.3 Å². The molecule has 200 valence electrons. The number of hydrogen-bond donors (Lipinski definition) is 1. The Bertz CT molecular complexity index is 1660. The molecule has 0 aliphatic carbocycles. The smallest absolute Gasteiger partial charge is 0.264 e. The van der Waals surface area contributed by atoms with Crippen LogP contribution in [0, 0.1) is 0 Å². The fourth-order valence-electron chi connectivity index (χ4n) is 4.22. The zero-order valence-corrected chi connectivity index (χ0v) is 23.3. The molecule has 5 aromatic rings. The lowest BCUT2D eigenvalue weighted by molar-refractivity contribution is 0.102. The van der Waals surface area contributed by atoms with E-state index in [1.54, 1.807) is 66.4 Å². The minimum atomic E-state index is -3.97. The molecule has 0 radical (unpaired) electrons. The highest BCUT2D eigenvalue weighted by Crippen LogP contribution is 2.30. The number of thioether (sulfide) groups is 1. The van der Waals surface area contributed by atoms with E-state index in [1.165, 1.54) is 9.20 Å². The second-order valence-electron chi connectivity index (χ2n) is 9.08. The average molecular weight is 565 g/mol. The summed E-state index contributed by atoms with van der Waals surface area (Å²) >= 11 is 1.75. The van der Waals surface area contributed by atoms with Crippen LogP contribution in [0.3, 0.4) is 0 Å². The summed E-state index contributed by atoms with van der Waals surface area (Å²) in [6.07, 6.45) is 0. The monoisotopic (exact) mass is 564 g/mol. The molecule has 5 nitrogen and oxygen atoms in total. The maximum absolute atomic E-state index is 13.9. The summed E-state index contributed by atoms with van der Waals surface area (Å²) in [5, 5.41) is 2.94. The fraction of sp³-hybridized carbons (Fsp3) is 0.0606. The van der Waals surface area contributed by atoms with Gasteiger partial charge in [-0.3, -0.25) is 9.10 Å². The molecule has 7 heteroatoms. The molecular formula is C33H28N2O3S2. The zero-order chi connectivity index (χ0) is 27.8. The maximum Gasteiger partial charge on any atom is 0.264 e. The standard InChI is InChI=1S/C33H28N2O3S2/c36-33(34-28-22-20-27(21-23-28)25-39-29-14-6-2-7-15-29)31-18-10-11-19-32(31)35(24-26-12-4-1-5-13-26)40(37,38)30-16-8-3-9-17-30/h1-23H,24-25H2,(H,34,36). The van der Waals surface area contributed by atoms with E-state index in [0.29, 0.717) is 11.4 Å². The Morgan fingerprint density at radius 3 is 1.90 bits per heavy atom. The van der Waals surface area contributed by atoms with Crippen LogP contribution >= 0.6 is 11.8 Å². The summed E-state index contributed by atoms with van der Waals surface area (Å²) in [6.45, 7) is 0.0795. The van der Waals surface area contributed by atoms with E-state index in [0.717, 1.165) is 16.9 Å². The Balaban J connectivity index is 1.40. The van der Waals surface area contributed by atoms with Crippen molar-refractivity contribution in [2.45, 2.75) is 22.1 Å². The molecule has 0 heterocycles. The first kappa shape index (κ1) is 27.2. The van der Waals surface area contributed by atoms with Gasteiger partial charge in [-0.15, -0.1) is 11.8 Å². The number of nitrogens with one attached hydrogen (secondary N) is 1. The highest BCUT2D eigenvalue weighted by atomic mass is 32.2. The Morgan fingerprint density at radius 1 is 0.650 bits per heavy atom. The van der Waals surface area contributed by atoms with Crippen LogP contribution in [0.1, 0.15) is 21.5 Å². The molecule has 0 spiro atoms. The predicted octanol–water partition coefficient (Wildman–Crippen LogP) is 7.63. The number of sulfonamides is 1. The van der Waals surface area contributed by atoms with Crippen LogP contribution in [0.2, 0.25) is 0 Å². The van der Waals surface area contributed by atoms with E-state index in [2.05, 4.69) is 17.4 Å². The zero-order valence-electron chi connectivity index (χ0n) is 21.7. The number of rotatable bonds is 10. The number of para-hydroxylation sites is 1. The molecule has 5 rings (SSSR count). The molecule has 1 amide bonds. The van der Waals surface area contributed by atoms with Crippen LogP contribution in [0.5, 0.6) is 0 Å². The van der Waals surface area contributed by atoms with Crippen molar-refractivity contribution in [2.24, 2.45) is 0 Å². The van der Waals surface area contributed by atoms with Gasteiger partial charge >= 0.3 is 0 Å². The summed E-state index contributed by atoms with van der Waals surface area (Å²) in [5.74, 6) is 0.427. The van der Waals surface area contributed by atoms with Gasteiger partial charge in [0, 0.05) is 16.3 Å². The summed E-state index contributed by atoms with van der Waals surface area (Å²) in [4.78, 5) is 14.9. The van der Waals surface area contributed by atoms with E-state index >= 15 is 0 Å². The first-order chi connectivity index (χ1) is 19.5. The lowest BCUT2D eigenvalue weighted by Gasteiger charge is -2.26. The third-order valence-electron chi connectivity index (χ3n) is 6.28. The second-order valence-corrected chi connectivity index (χ2v) is 12.0. The number of amides is 1. The van der Waals surface area contributed by atoms with Gasteiger partial charge in [0.1, 0.15) is 0 Å². The van der Waals surface area contributed by atoms with E-state index in [4.69, 9.17) is 0 Å². The van der Waals surface area contributed by atoms with Gasteiger partial charge < -0.3 is 5.32 Å². The molecular weight excluding hydrogens is 537 g/mol. The van der Waals surface area contributed by atoms with Crippen molar-refractivity contribution in [3.8, 4) is 0 Å². The van der Waals surface area contributed by atoms with Crippen molar-refractivity contribution < 1.29 is 13.2 Å². The fourth-order valence-corrected chi connectivity index (χ4v) is 6.59. The molecule has 0 saturated carbocycles. The van der Waals surface area contributed by atoms with E-state index in [-0.39, 0.29) is 22.9 Å². The van der Waals surface area contributed by atoms with Crippen molar-refractivity contribution in [1.29, 1.82) is 0 Å². The Kier molecular flexibility index (Phi) is 8.64. The minimum Gasteiger partial charge on any atom is -0.322 e. The normalized spacial score (nSPS) is 11.1. The molecule has 5 aromatic carbocycles. The number of anilines is 2. The molecule has 0 atom stereocenters. The molecule has 0 bridgehead atoms. The number of hydrogen-bond acceptors (Lipinski definition) is 4. The Morgan fingerprint density at radius 2 is 1.23 bits per heavy atom. The topological polar surface area (TPSA) is 66.5 Å². The van der Waals surface area contributed by atoms with Crippen molar-refractivity contribution >= 4 is 39.1 Å². The molecule has 0 aromatic heterocycles. The number of carbonyl (C=O) groups excluding carboxylic acids is 1. The van der Waals surface area contributed by atoms with Crippen LogP contribution in [0.25, 0.3) is 0 Å². The number of nitrogens with zero attached hydrogens (tertiary/aromatic N) is 1. The van der Waals surface area contributed by atoms with E-state index in [1.807, 2.05) is 72.8 Å². The summed E-state index contributed by atoms with van der Waals surface area (Å²) < 4.78 is 29.0. The SMILES string of the molecule is O=C(Nc1ccc(CSc2ccccc2)cc1)c1ccccc1N(Cc1ccccc1)S(=O)(=O)c1ccccc1. The Hall–Kier alpha value is -4.33. The number of carbonyl (C=O) groups is 1. The number of benzene rings is 5. The lowest BCUT2D eigenvalue weighted by atomic mass is 10.1. The van der Waals surface area contributed by atoms with Crippen molar-refractivity contribution in [1.82, 2.24) is 0 Å². The van der Waals surface area contributed by atoms with Crippen molar-refractivity contribution in [3.63, 3.8) is 0 Å². The van der Waals surface area contributed by atoms with Gasteiger partial charge in [0.05, 0.1) is 22.7 Å². The third kappa shape index (κ3) is 6.62. The Labute approximate surface area is 239 Å². The highest BCUT2D eigenvalue weighted by molar-refractivity contribution is 7.98. The van der Waals surface area contributed by atoms with Crippen LogP contribution in [0.4, 0.5) is 11.4 Å². The molecule has 0 aliphatic heterocycles. The third-order valence-corrected chi connectivity index (χ3v) is 9.14. The van der Waals surface area contributed by atoms with Gasteiger partial charge in [-0.1, -0.05) is 91.0 Å². The maximum atomic E-state index is 13.9. The highest BCUT2D eigenvalue weighted by Gasteiger charge is 2.28. The van der Waals surface area contributed by atoms with Crippen LogP contribution < -0.4 is 9.62 Å². The van der Waals surface area contributed by atoms with E-state index in [9.17, 15) is 13.2 Å². The average Bonchev–Trinajstić information content (AvgIpc) is 3.01. The van der Waals surface area contributed by atoms with Gasteiger partial charge in [0.25, 0.3) is 15.9 Å². The van der Waals surface area contributed by atoms with Gasteiger partial charge in [-0.05, 0) is 59.7 Å². The van der Waals surface area contributed by atoms with Gasteiger partial charge in [0.15, 0.2) is 0 Å². The van der Waals surface area contributed by atoms with Gasteiger partial charge in [-0.2, -0.15) is 0 Å². The van der Waals surface area contributed by atoms with Crippen molar-refractivity contribution in [2.75, 3.05) is 9.62 Å². The van der Waals surface area contributed by atoms with Gasteiger partial charge in [0.2, 0.25) is 0 Å². The first-order valence-electron chi connectivity index (χ1n) is 12.8. The summed E-state index contributed by atoms with van der Waals surface area (Å²) in [7, 11) is -3.97. The quantitative estimate of drug-likeness (QED) is 0.177. The first-order valence-corrected chi connectivity index (χ1v) is 15.2. The van der Waals surface area contributed by atoms with Crippen LogP contribution in [0.15, 0.2) is 149 Å². The molecule has 40 heavy (non-hydrogen) atoms. The summed E-state index contributed by atoms with van der Waals surface area (Å²) in [5.41, 5.74) is 3.15. The van der Waals surface area contributed by atoms with Crippen LogP contribution in [-0.2, 0) is 22.3 Å². The predicted molar refractivity (Wildman–Crippen MR) is 163 cm³/mol.